The Morgan fingerprint density at radius 1 is 1.24 bits per heavy atom. The molecule has 0 radical (unpaired) electrons. The molecule has 1 fully saturated rings. The molecule has 3 aromatic rings. The highest BCUT2D eigenvalue weighted by Gasteiger charge is 2.25. The summed E-state index contributed by atoms with van der Waals surface area (Å²) in [4.78, 5) is 19.3. The number of rotatable bonds is 6. The van der Waals surface area contributed by atoms with E-state index in [0.717, 1.165) is 16.1 Å². The van der Waals surface area contributed by atoms with Crippen molar-refractivity contribution in [2.24, 2.45) is 0 Å². The van der Waals surface area contributed by atoms with Crippen LogP contribution in [0.25, 0.3) is 0 Å². The predicted molar refractivity (Wildman–Crippen MR) is 110 cm³/mol. The van der Waals surface area contributed by atoms with Gasteiger partial charge in [-0.15, -0.1) is 11.3 Å². The number of nitrogens with one attached hydrogen (secondary N) is 1. The van der Waals surface area contributed by atoms with Crippen molar-refractivity contribution in [1.29, 1.82) is 0 Å². The van der Waals surface area contributed by atoms with Crippen molar-refractivity contribution in [3.8, 4) is 0 Å². The van der Waals surface area contributed by atoms with Crippen LogP contribution in [-0.4, -0.2) is 42.0 Å². The number of aromatic nitrogens is 1. The van der Waals surface area contributed by atoms with Crippen molar-refractivity contribution in [2.75, 3.05) is 26.2 Å². The molecule has 2 atom stereocenters. The van der Waals surface area contributed by atoms with Crippen LogP contribution in [0.15, 0.2) is 66.2 Å². The number of halogens is 1. The van der Waals surface area contributed by atoms with Crippen LogP contribution in [0.5, 0.6) is 0 Å². The van der Waals surface area contributed by atoms with Gasteiger partial charge in [0.2, 0.25) is 5.91 Å². The highest BCUT2D eigenvalue weighted by Crippen LogP contribution is 2.25. The van der Waals surface area contributed by atoms with E-state index in [1.807, 2.05) is 35.7 Å². The monoisotopic (exact) mass is 411 g/mol. The Labute approximate surface area is 173 Å². The lowest BCUT2D eigenvalue weighted by Crippen LogP contribution is -2.45. The molecule has 1 aliphatic rings. The molecule has 0 saturated carbocycles. The van der Waals surface area contributed by atoms with Crippen molar-refractivity contribution < 1.29 is 13.9 Å². The number of hydrogen-bond acceptors (Lipinski definition) is 5. The second-order valence-corrected chi connectivity index (χ2v) is 7.85. The van der Waals surface area contributed by atoms with Crippen LogP contribution in [-0.2, 0) is 9.53 Å². The molecule has 7 heteroatoms. The van der Waals surface area contributed by atoms with E-state index in [-0.39, 0.29) is 30.4 Å². The average Bonchev–Trinajstić information content (AvgIpc) is 3.28. The van der Waals surface area contributed by atoms with E-state index in [4.69, 9.17) is 4.74 Å². The number of ether oxygens (including phenoxy) is 1. The first kappa shape index (κ1) is 19.7. The van der Waals surface area contributed by atoms with E-state index >= 15 is 0 Å². The number of carbonyl (C=O) groups is 1. The standard InChI is InChI=1S/C22H22FN3O2S/c23-18-8-6-16(7-9-18)19-14-26(11-12-28-19)15-20(27)25-21(22-24-10-13-29-22)17-4-2-1-3-5-17/h1-10,13,19,21H,11-12,14-15H2,(H,25,27). The number of carbonyl (C=O) groups excluding carboxylic acids is 1. The molecule has 1 aliphatic heterocycles. The maximum atomic E-state index is 13.2. The third-order valence-electron chi connectivity index (χ3n) is 4.90. The van der Waals surface area contributed by atoms with Gasteiger partial charge in [-0.1, -0.05) is 42.5 Å². The quantitative estimate of drug-likeness (QED) is 0.674. The molecule has 1 aromatic heterocycles. The number of nitrogens with zero attached hydrogens (tertiary/aromatic N) is 2. The SMILES string of the molecule is O=C(CN1CCOC(c2ccc(F)cc2)C1)NC(c1ccccc1)c1nccs1. The zero-order chi connectivity index (χ0) is 20.1. The lowest BCUT2D eigenvalue weighted by atomic mass is 10.1. The van der Waals surface area contributed by atoms with Crippen LogP contribution in [0, 0.1) is 5.82 Å². The molecule has 2 unspecified atom stereocenters. The summed E-state index contributed by atoms with van der Waals surface area (Å²) >= 11 is 1.52. The molecule has 2 aromatic carbocycles. The number of benzene rings is 2. The fraction of sp³-hybridized carbons (Fsp3) is 0.273. The minimum absolute atomic E-state index is 0.0613. The van der Waals surface area contributed by atoms with Crippen molar-refractivity contribution in [1.82, 2.24) is 15.2 Å². The number of morpholine rings is 1. The van der Waals surface area contributed by atoms with Crippen LogP contribution in [0.3, 0.4) is 0 Å². The van der Waals surface area contributed by atoms with Crippen molar-refractivity contribution in [3.63, 3.8) is 0 Å². The topological polar surface area (TPSA) is 54.5 Å². The predicted octanol–water partition coefficient (Wildman–Crippen LogP) is 3.56. The Morgan fingerprint density at radius 2 is 2.03 bits per heavy atom. The van der Waals surface area contributed by atoms with Crippen molar-refractivity contribution in [3.05, 3.63) is 88.1 Å². The molecule has 2 heterocycles. The van der Waals surface area contributed by atoms with Gasteiger partial charge in [-0.05, 0) is 23.3 Å². The highest BCUT2D eigenvalue weighted by atomic mass is 32.1. The maximum absolute atomic E-state index is 13.2. The Kier molecular flexibility index (Phi) is 6.29. The summed E-state index contributed by atoms with van der Waals surface area (Å²) in [7, 11) is 0. The fourth-order valence-electron chi connectivity index (χ4n) is 3.45. The fourth-order valence-corrected chi connectivity index (χ4v) is 4.16. The second kappa shape index (κ2) is 9.26. The number of hydrogen-bond donors (Lipinski definition) is 1. The molecule has 0 bridgehead atoms. The number of amides is 1. The summed E-state index contributed by atoms with van der Waals surface area (Å²) in [6.07, 6.45) is 1.58. The summed E-state index contributed by atoms with van der Waals surface area (Å²) in [5.74, 6) is -0.330. The second-order valence-electron chi connectivity index (χ2n) is 6.93. The van der Waals surface area contributed by atoms with Gasteiger partial charge < -0.3 is 10.1 Å². The van der Waals surface area contributed by atoms with Gasteiger partial charge >= 0.3 is 0 Å². The van der Waals surface area contributed by atoms with Crippen LogP contribution < -0.4 is 5.32 Å². The molecule has 1 saturated heterocycles. The van der Waals surface area contributed by atoms with E-state index < -0.39 is 0 Å². The van der Waals surface area contributed by atoms with Gasteiger partial charge in [0.05, 0.1) is 19.3 Å². The Bertz CT molecular complexity index is 919. The van der Waals surface area contributed by atoms with Crippen LogP contribution in [0.2, 0.25) is 0 Å². The molecule has 1 amide bonds. The van der Waals surface area contributed by atoms with Gasteiger partial charge in [0.25, 0.3) is 0 Å². The third kappa shape index (κ3) is 5.06. The van der Waals surface area contributed by atoms with E-state index in [9.17, 15) is 9.18 Å². The molecular weight excluding hydrogens is 389 g/mol. The van der Waals surface area contributed by atoms with Gasteiger partial charge in [0.15, 0.2) is 0 Å². The molecule has 1 N–H and O–H groups in total. The van der Waals surface area contributed by atoms with Crippen LogP contribution in [0.4, 0.5) is 4.39 Å². The van der Waals surface area contributed by atoms with Crippen molar-refractivity contribution >= 4 is 17.2 Å². The van der Waals surface area contributed by atoms with E-state index in [0.29, 0.717) is 19.7 Å². The van der Waals surface area contributed by atoms with Crippen LogP contribution >= 0.6 is 11.3 Å². The largest absolute Gasteiger partial charge is 0.371 e. The summed E-state index contributed by atoms with van der Waals surface area (Å²) in [6, 6.07) is 15.9. The molecule has 0 spiro atoms. The average molecular weight is 412 g/mol. The molecular formula is C22H22FN3O2S. The molecule has 4 rings (SSSR count). The first-order valence-corrected chi connectivity index (χ1v) is 10.4. The molecule has 0 aliphatic carbocycles. The molecule has 29 heavy (non-hydrogen) atoms. The van der Waals surface area contributed by atoms with Gasteiger partial charge in [0.1, 0.15) is 16.9 Å². The zero-order valence-corrected chi connectivity index (χ0v) is 16.6. The first-order chi connectivity index (χ1) is 14.2. The lowest BCUT2D eigenvalue weighted by Gasteiger charge is -2.33. The Hall–Kier alpha value is -2.61. The summed E-state index contributed by atoms with van der Waals surface area (Å²) in [5.41, 5.74) is 1.92. The summed E-state index contributed by atoms with van der Waals surface area (Å²) in [5, 5.41) is 5.89. The first-order valence-electron chi connectivity index (χ1n) is 9.52. The van der Waals surface area contributed by atoms with Gasteiger partial charge in [-0.25, -0.2) is 9.37 Å². The smallest absolute Gasteiger partial charge is 0.235 e. The molecule has 5 nitrogen and oxygen atoms in total. The minimum atomic E-state index is -0.269. The molecule has 150 valence electrons. The zero-order valence-electron chi connectivity index (χ0n) is 15.8. The van der Waals surface area contributed by atoms with Gasteiger partial charge in [-0.3, -0.25) is 9.69 Å². The van der Waals surface area contributed by atoms with E-state index in [1.54, 1.807) is 18.3 Å². The van der Waals surface area contributed by atoms with Gasteiger partial charge in [0, 0.05) is 24.7 Å². The van der Waals surface area contributed by atoms with E-state index in [2.05, 4.69) is 15.2 Å². The summed E-state index contributed by atoms with van der Waals surface area (Å²) < 4.78 is 19.0. The summed E-state index contributed by atoms with van der Waals surface area (Å²) in [6.45, 7) is 2.07. The highest BCUT2D eigenvalue weighted by molar-refractivity contribution is 7.09. The van der Waals surface area contributed by atoms with Crippen LogP contribution in [0.1, 0.15) is 28.3 Å². The van der Waals surface area contributed by atoms with Crippen molar-refractivity contribution in [2.45, 2.75) is 12.1 Å². The number of thiazole rings is 1. The lowest BCUT2D eigenvalue weighted by molar-refractivity contribution is -0.124. The maximum Gasteiger partial charge on any atom is 0.235 e. The van der Waals surface area contributed by atoms with Gasteiger partial charge in [-0.2, -0.15) is 0 Å². The normalized spacial score (nSPS) is 18.3. The van der Waals surface area contributed by atoms with E-state index in [1.165, 1.54) is 23.5 Å². The third-order valence-corrected chi connectivity index (χ3v) is 5.74. The Balaban J connectivity index is 1.40. The Morgan fingerprint density at radius 3 is 2.76 bits per heavy atom. The minimum Gasteiger partial charge on any atom is -0.371 e.